The summed E-state index contributed by atoms with van der Waals surface area (Å²) in [6.45, 7) is 0. The van der Waals surface area contributed by atoms with Crippen molar-refractivity contribution in [1.82, 2.24) is 5.43 Å². The van der Waals surface area contributed by atoms with Gasteiger partial charge in [0.25, 0.3) is 0 Å². The van der Waals surface area contributed by atoms with Crippen LogP contribution in [0, 0.1) is 17.6 Å². The Labute approximate surface area is 124 Å². The molecule has 0 heterocycles. The Bertz CT molecular complexity index is 430. The smallest absolute Gasteiger partial charge is 0.126 e. The van der Waals surface area contributed by atoms with E-state index in [1.807, 2.05) is 0 Å². The molecule has 0 aromatic heterocycles. The first-order valence-corrected chi connectivity index (χ1v) is 7.58. The van der Waals surface area contributed by atoms with Gasteiger partial charge < -0.3 is 4.74 Å². The quantitative estimate of drug-likeness (QED) is 0.627. The molecule has 0 bridgehead atoms. The Morgan fingerprint density at radius 1 is 1.19 bits per heavy atom. The minimum Gasteiger partial charge on any atom is -0.379 e. The van der Waals surface area contributed by atoms with Gasteiger partial charge in [-0.15, -0.1) is 0 Å². The van der Waals surface area contributed by atoms with Crippen LogP contribution in [0.1, 0.15) is 37.7 Å². The molecule has 2 unspecified atom stereocenters. The zero-order valence-electron chi connectivity index (χ0n) is 12.4. The number of rotatable bonds is 6. The van der Waals surface area contributed by atoms with Crippen LogP contribution in [-0.2, 0) is 11.2 Å². The third-order valence-electron chi connectivity index (χ3n) is 4.38. The van der Waals surface area contributed by atoms with Crippen molar-refractivity contribution < 1.29 is 13.5 Å². The summed E-state index contributed by atoms with van der Waals surface area (Å²) >= 11 is 0. The maximum absolute atomic E-state index is 13.3. The first-order chi connectivity index (χ1) is 10.1. The van der Waals surface area contributed by atoms with Crippen LogP contribution in [0.25, 0.3) is 0 Å². The largest absolute Gasteiger partial charge is 0.379 e. The van der Waals surface area contributed by atoms with E-state index in [0.717, 1.165) is 18.9 Å². The van der Waals surface area contributed by atoms with Gasteiger partial charge in [-0.05, 0) is 42.9 Å². The molecule has 0 aliphatic heterocycles. The predicted molar refractivity (Wildman–Crippen MR) is 78.5 cm³/mol. The van der Waals surface area contributed by atoms with Crippen LogP contribution in [0.2, 0.25) is 0 Å². The van der Waals surface area contributed by atoms with Gasteiger partial charge in [0.15, 0.2) is 0 Å². The number of ether oxygens (including phenoxy) is 1. The Morgan fingerprint density at radius 3 is 2.33 bits per heavy atom. The van der Waals surface area contributed by atoms with Gasteiger partial charge in [0, 0.05) is 13.2 Å². The van der Waals surface area contributed by atoms with Gasteiger partial charge in [-0.1, -0.05) is 19.3 Å². The average molecular weight is 298 g/mol. The van der Waals surface area contributed by atoms with Crippen LogP contribution >= 0.6 is 0 Å². The van der Waals surface area contributed by atoms with Crippen molar-refractivity contribution in [2.24, 2.45) is 11.8 Å². The molecular formula is C16H24F2N2O. The molecule has 1 aromatic rings. The van der Waals surface area contributed by atoms with Gasteiger partial charge >= 0.3 is 0 Å². The lowest BCUT2D eigenvalue weighted by Crippen LogP contribution is -2.49. The van der Waals surface area contributed by atoms with Crippen molar-refractivity contribution in [3.8, 4) is 0 Å². The predicted octanol–water partition coefficient (Wildman–Crippen LogP) is 2.93. The fourth-order valence-corrected chi connectivity index (χ4v) is 3.40. The molecule has 1 saturated carbocycles. The number of nitrogens with one attached hydrogen (secondary N) is 1. The number of benzene rings is 1. The fraction of sp³-hybridized carbons (Fsp3) is 0.625. The second-order valence-corrected chi connectivity index (χ2v) is 5.85. The van der Waals surface area contributed by atoms with Gasteiger partial charge in [0.2, 0.25) is 0 Å². The Hall–Kier alpha value is -1.04. The summed E-state index contributed by atoms with van der Waals surface area (Å²) in [4.78, 5) is 0. The highest BCUT2D eigenvalue weighted by Crippen LogP contribution is 2.30. The van der Waals surface area contributed by atoms with Crippen molar-refractivity contribution in [1.29, 1.82) is 0 Å². The zero-order chi connectivity index (χ0) is 15.2. The van der Waals surface area contributed by atoms with E-state index in [9.17, 15) is 8.78 Å². The summed E-state index contributed by atoms with van der Waals surface area (Å²) in [6, 6.07) is 3.42. The fourth-order valence-electron chi connectivity index (χ4n) is 3.40. The lowest BCUT2D eigenvalue weighted by Gasteiger charge is -2.34. The SMILES string of the molecule is COC(C1CCCCC1)C(Cc1cc(F)cc(F)c1)NN. The molecular weight excluding hydrogens is 274 g/mol. The van der Waals surface area contributed by atoms with Crippen molar-refractivity contribution in [3.05, 3.63) is 35.4 Å². The van der Waals surface area contributed by atoms with E-state index in [0.29, 0.717) is 17.9 Å². The lowest BCUT2D eigenvalue weighted by molar-refractivity contribution is 0.00824. The van der Waals surface area contributed by atoms with E-state index >= 15 is 0 Å². The van der Waals surface area contributed by atoms with Crippen LogP contribution in [0.3, 0.4) is 0 Å². The van der Waals surface area contributed by atoms with Gasteiger partial charge in [-0.25, -0.2) is 8.78 Å². The summed E-state index contributed by atoms with van der Waals surface area (Å²) in [6.07, 6.45) is 6.32. The highest BCUT2D eigenvalue weighted by atomic mass is 19.1. The molecule has 1 aromatic carbocycles. The summed E-state index contributed by atoms with van der Waals surface area (Å²) in [5.41, 5.74) is 3.36. The third-order valence-corrected chi connectivity index (χ3v) is 4.38. The highest BCUT2D eigenvalue weighted by Gasteiger charge is 2.30. The van der Waals surface area contributed by atoms with Crippen LogP contribution in [0.4, 0.5) is 8.78 Å². The average Bonchev–Trinajstić information content (AvgIpc) is 2.47. The van der Waals surface area contributed by atoms with Gasteiger partial charge in [-0.2, -0.15) is 0 Å². The molecule has 5 heteroatoms. The van der Waals surface area contributed by atoms with Crippen LogP contribution in [-0.4, -0.2) is 19.3 Å². The first kappa shape index (κ1) is 16.3. The number of methoxy groups -OCH3 is 1. The second kappa shape index (κ2) is 7.82. The molecule has 0 radical (unpaired) electrons. The standard InChI is InChI=1S/C16H24F2N2O/c1-21-16(12-5-3-2-4-6-12)15(20-19)9-11-7-13(17)10-14(18)8-11/h7-8,10,12,15-16,20H,2-6,9,19H2,1H3. The summed E-state index contributed by atoms with van der Waals surface area (Å²) in [5, 5.41) is 0. The summed E-state index contributed by atoms with van der Waals surface area (Å²) in [7, 11) is 1.68. The van der Waals surface area contributed by atoms with Gasteiger partial charge in [0.1, 0.15) is 11.6 Å². The van der Waals surface area contributed by atoms with Crippen molar-refractivity contribution >= 4 is 0 Å². The van der Waals surface area contributed by atoms with E-state index in [-0.39, 0.29) is 12.1 Å². The number of hydrogen-bond donors (Lipinski definition) is 2. The van der Waals surface area contributed by atoms with Crippen molar-refractivity contribution in [3.63, 3.8) is 0 Å². The first-order valence-electron chi connectivity index (χ1n) is 7.58. The highest BCUT2D eigenvalue weighted by molar-refractivity contribution is 5.19. The van der Waals surface area contributed by atoms with Gasteiger partial charge in [0.05, 0.1) is 12.1 Å². The van der Waals surface area contributed by atoms with E-state index in [4.69, 9.17) is 10.6 Å². The number of hydrazine groups is 1. The molecule has 118 valence electrons. The topological polar surface area (TPSA) is 47.3 Å². The van der Waals surface area contributed by atoms with E-state index < -0.39 is 11.6 Å². The molecule has 0 amide bonds. The summed E-state index contributed by atoms with van der Waals surface area (Å²) in [5.74, 6) is 4.98. The minimum absolute atomic E-state index is 0.0402. The number of hydrogen-bond acceptors (Lipinski definition) is 3. The molecule has 2 rings (SSSR count). The monoisotopic (exact) mass is 298 g/mol. The second-order valence-electron chi connectivity index (χ2n) is 5.85. The van der Waals surface area contributed by atoms with E-state index in [1.165, 1.54) is 31.4 Å². The maximum atomic E-state index is 13.3. The van der Waals surface area contributed by atoms with E-state index in [1.54, 1.807) is 7.11 Å². The third kappa shape index (κ3) is 4.46. The van der Waals surface area contributed by atoms with Gasteiger partial charge in [-0.3, -0.25) is 11.3 Å². The summed E-state index contributed by atoms with van der Waals surface area (Å²) < 4.78 is 32.2. The van der Waals surface area contributed by atoms with Crippen molar-refractivity contribution in [2.75, 3.05) is 7.11 Å². The molecule has 21 heavy (non-hydrogen) atoms. The Morgan fingerprint density at radius 2 is 1.81 bits per heavy atom. The Kier molecular flexibility index (Phi) is 6.08. The molecule has 3 nitrogen and oxygen atoms in total. The molecule has 3 N–H and O–H groups in total. The number of halogens is 2. The molecule has 1 aliphatic rings. The minimum atomic E-state index is -0.563. The van der Waals surface area contributed by atoms with Crippen LogP contribution < -0.4 is 11.3 Å². The molecule has 1 fully saturated rings. The number of nitrogens with two attached hydrogens (primary N) is 1. The lowest BCUT2D eigenvalue weighted by atomic mass is 9.81. The van der Waals surface area contributed by atoms with E-state index in [2.05, 4.69) is 5.43 Å². The molecule has 2 atom stereocenters. The van der Waals surface area contributed by atoms with Crippen LogP contribution in [0.5, 0.6) is 0 Å². The molecule has 0 spiro atoms. The molecule has 1 aliphatic carbocycles. The normalized spacial score (nSPS) is 19.4. The zero-order valence-corrected chi connectivity index (χ0v) is 12.4. The Balaban J connectivity index is 2.09. The maximum Gasteiger partial charge on any atom is 0.126 e. The molecule has 0 saturated heterocycles. The van der Waals surface area contributed by atoms with Crippen molar-refractivity contribution in [2.45, 2.75) is 50.7 Å². The van der Waals surface area contributed by atoms with Crippen LogP contribution in [0.15, 0.2) is 18.2 Å².